The number of halogens is 1. The van der Waals surface area contributed by atoms with Crippen molar-refractivity contribution in [1.82, 2.24) is 10.2 Å². The van der Waals surface area contributed by atoms with E-state index in [0.29, 0.717) is 22.7 Å². The fourth-order valence-electron chi connectivity index (χ4n) is 4.17. The Hall–Kier alpha value is -3.36. The number of carbonyl (C=O) groups excluding carboxylic acids is 2. The molecule has 0 unspecified atom stereocenters. The Kier molecular flexibility index (Phi) is 10.5. The molecular formula is C30H36ClN3O4S. The van der Waals surface area contributed by atoms with Crippen LogP contribution in [-0.4, -0.2) is 50.3 Å². The monoisotopic (exact) mass is 569 g/mol. The van der Waals surface area contributed by atoms with Crippen LogP contribution in [0.15, 0.2) is 83.8 Å². The van der Waals surface area contributed by atoms with E-state index in [-0.39, 0.29) is 23.4 Å². The van der Waals surface area contributed by atoms with E-state index in [1.165, 1.54) is 17.0 Å². The zero-order valence-electron chi connectivity index (χ0n) is 22.8. The fraction of sp³-hybridized carbons (Fsp3) is 0.333. The molecule has 0 saturated heterocycles. The van der Waals surface area contributed by atoms with Gasteiger partial charge in [0.15, 0.2) is 0 Å². The summed E-state index contributed by atoms with van der Waals surface area (Å²) in [5, 5.41) is 3.40. The lowest BCUT2D eigenvalue weighted by atomic mass is 10.1. The maximum absolute atomic E-state index is 13.9. The predicted molar refractivity (Wildman–Crippen MR) is 156 cm³/mol. The highest BCUT2D eigenvalue weighted by molar-refractivity contribution is 7.92. The number of benzene rings is 3. The summed E-state index contributed by atoms with van der Waals surface area (Å²) >= 11 is 6.15. The number of hydrogen-bond acceptors (Lipinski definition) is 4. The molecule has 0 fully saturated rings. The van der Waals surface area contributed by atoms with Crippen molar-refractivity contribution in [2.24, 2.45) is 0 Å². The van der Waals surface area contributed by atoms with Gasteiger partial charge < -0.3 is 10.2 Å². The lowest BCUT2D eigenvalue weighted by molar-refractivity contribution is -0.139. The van der Waals surface area contributed by atoms with Crippen molar-refractivity contribution in [3.8, 4) is 0 Å². The van der Waals surface area contributed by atoms with Crippen molar-refractivity contribution >= 4 is 39.1 Å². The first-order chi connectivity index (χ1) is 18.5. The number of nitrogens with zero attached hydrogens (tertiary/aromatic N) is 2. The van der Waals surface area contributed by atoms with Gasteiger partial charge in [0.25, 0.3) is 10.0 Å². The van der Waals surface area contributed by atoms with Gasteiger partial charge in [0, 0.05) is 17.6 Å². The zero-order chi connectivity index (χ0) is 28.6. The van der Waals surface area contributed by atoms with Crippen LogP contribution in [0.5, 0.6) is 0 Å². The van der Waals surface area contributed by atoms with Crippen molar-refractivity contribution in [3.63, 3.8) is 0 Å². The Labute approximate surface area is 236 Å². The highest BCUT2D eigenvalue weighted by Crippen LogP contribution is 2.29. The fourth-order valence-corrected chi connectivity index (χ4v) is 5.89. The summed E-state index contributed by atoms with van der Waals surface area (Å²) in [5.41, 5.74) is 1.96. The first-order valence-electron chi connectivity index (χ1n) is 13.0. The van der Waals surface area contributed by atoms with Crippen molar-refractivity contribution in [2.75, 3.05) is 17.4 Å². The van der Waals surface area contributed by atoms with Crippen LogP contribution >= 0.6 is 11.6 Å². The molecule has 0 bridgehead atoms. The van der Waals surface area contributed by atoms with Crippen LogP contribution in [0.4, 0.5) is 5.69 Å². The molecule has 3 aromatic rings. The second-order valence-corrected chi connectivity index (χ2v) is 11.9. The molecule has 1 N–H and O–H groups in total. The lowest BCUT2D eigenvalue weighted by Crippen LogP contribution is -2.53. The number of hydrogen-bond donors (Lipinski definition) is 1. The Morgan fingerprint density at radius 1 is 0.949 bits per heavy atom. The van der Waals surface area contributed by atoms with Gasteiger partial charge in [-0.1, -0.05) is 67.1 Å². The highest BCUT2D eigenvalue weighted by Gasteiger charge is 2.33. The molecule has 7 nitrogen and oxygen atoms in total. The molecule has 0 aliphatic rings. The van der Waals surface area contributed by atoms with Gasteiger partial charge in [-0.05, 0) is 75.1 Å². The maximum Gasteiger partial charge on any atom is 0.264 e. The minimum atomic E-state index is -4.11. The molecule has 0 heterocycles. The normalized spacial score (nSPS) is 12.8. The first-order valence-corrected chi connectivity index (χ1v) is 14.8. The summed E-state index contributed by atoms with van der Waals surface area (Å²) in [6.45, 7) is 7.05. The van der Waals surface area contributed by atoms with E-state index < -0.39 is 28.5 Å². The number of sulfonamides is 1. The summed E-state index contributed by atoms with van der Waals surface area (Å²) < 4.78 is 28.8. The average molecular weight is 570 g/mol. The number of carbonyl (C=O) groups is 2. The molecule has 0 aliphatic heterocycles. The van der Waals surface area contributed by atoms with Crippen LogP contribution in [0.2, 0.25) is 5.02 Å². The Bertz CT molecular complexity index is 1370. The molecule has 0 saturated carbocycles. The Morgan fingerprint density at radius 3 is 2.15 bits per heavy atom. The minimum absolute atomic E-state index is 0.0577. The van der Waals surface area contributed by atoms with Crippen molar-refractivity contribution in [2.45, 2.75) is 57.5 Å². The van der Waals surface area contributed by atoms with E-state index in [1.807, 2.05) is 44.2 Å². The van der Waals surface area contributed by atoms with Gasteiger partial charge >= 0.3 is 0 Å². The molecule has 3 rings (SSSR count). The molecule has 0 aliphatic carbocycles. The SMILES string of the molecule is CC[C@@H](C)NC(=O)[C@H](C)N(CCc1ccccc1)C(=O)CN(c1ccc(Cl)cc1C)S(=O)(=O)c1ccccc1. The van der Waals surface area contributed by atoms with E-state index in [4.69, 9.17) is 11.6 Å². The highest BCUT2D eigenvalue weighted by atomic mass is 35.5. The number of nitrogens with one attached hydrogen (secondary N) is 1. The van der Waals surface area contributed by atoms with E-state index in [2.05, 4.69) is 5.32 Å². The van der Waals surface area contributed by atoms with Gasteiger partial charge in [0.05, 0.1) is 10.6 Å². The summed E-state index contributed by atoms with van der Waals surface area (Å²) in [7, 11) is -4.11. The number of anilines is 1. The van der Waals surface area contributed by atoms with E-state index >= 15 is 0 Å². The topological polar surface area (TPSA) is 86.8 Å². The molecule has 2 amide bonds. The van der Waals surface area contributed by atoms with E-state index in [9.17, 15) is 18.0 Å². The largest absolute Gasteiger partial charge is 0.352 e. The summed E-state index contributed by atoms with van der Waals surface area (Å²) in [6.07, 6.45) is 1.26. The standard InChI is InChI=1S/C30H36ClN3O4S/c1-5-23(3)32-30(36)24(4)33(19-18-25-12-8-6-9-13-25)29(35)21-34(28-17-16-26(31)20-22(28)2)39(37,38)27-14-10-7-11-15-27/h6-17,20,23-24H,5,18-19,21H2,1-4H3,(H,32,36)/t23-,24+/m1/s1. The average Bonchev–Trinajstić information content (AvgIpc) is 2.93. The van der Waals surface area contributed by atoms with Crippen molar-refractivity contribution < 1.29 is 18.0 Å². The van der Waals surface area contributed by atoms with Gasteiger partial charge in [-0.2, -0.15) is 0 Å². The molecule has 208 valence electrons. The summed E-state index contributed by atoms with van der Waals surface area (Å²) in [5.74, 6) is -0.766. The molecular weight excluding hydrogens is 534 g/mol. The van der Waals surface area contributed by atoms with Gasteiger partial charge in [0.1, 0.15) is 12.6 Å². The quantitative estimate of drug-likeness (QED) is 0.324. The van der Waals surface area contributed by atoms with Crippen molar-refractivity contribution in [3.05, 3.63) is 95.0 Å². The third-order valence-corrected chi connectivity index (χ3v) is 8.70. The van der Waals surface area contributed by atoms with Gasteiger partial charge in [-0.25, -0.2) is 8.42 Å². The molecule has 3 aromatic carbocycles. The van der Waals surface area contributed by atoms with Crippen LogP contribution in [0, 0.1) is 6.92 Å². The molecule has 0 aromatic heterocycles. The van der Waals surface area contributed by atoms with Gasteiger partial charge in [-0.15, -0.1) is 0 Å². The Morgan fingerprint density at radius 2 is 1.56 bits per heavy atom. The summed E-state index contributed by atoms with van der Waals surface area (Å²) in [6, 6.07) is 21.6. The maximum atomic E-state index is 13.9. The smallest absolute Gasteiger partial charge is 0.264 e. The number of aryl methyl sites for hydroxylation is 1. The molecule has 39 heavy (non-hydrogen) atoms. The van der Waals surface area contributed by atoms with Crippen molar-refractivity contribution in [1.29, 1.82) is 0 Å². The first kappa shape index (κ1) is 30.2. The second kappa shape index (κ2) is 13.6. The Balaban J connectivity index is 1.99. The van der Waals surface area contributed by atoms with Crippen LogP contribution < -0.4 is 9.62 Å². The second-order valence-electron chi connectivity index (χ2n) is 9.57. The van der Waals surface area contributed by atoms with E-state index in [0.717, 1.165) is 16.3 Å². The minimum Gasteiger partial charge on any atom is -0.352 e. The molecule has 0 radical (unpaired) electrons. The molecule has 0 spiro atoms. The lowest BCUT2D eigenvalue weighted by Gasteiger charge is -2.33. The predicted octanol–water partition coefficient (Wildman–Crippen LogP) is 5.22. The molecule has 9 heteroatoms. The van der Waals surface area contributed by atoms with Crippen LogP contribution in [-0.2, 0) is 26.0 Å². The number of rotatable bonds is 12. The van der Waals surface area contributed by atoms with Crippen LogP contribution in [0.3, 0.4) is 0 Å². The zero-order valence-corrected chi connectivity index (χ0v) is 24.4. The molecule has 2 atom stereocenters. The third kappa shape index (κ3) is 7.83. The van der Waals surface area contributed by atoms with Crippen LogP contribution in [0.1, 0.15) is 38.3 Å². The number of amides is 2. The van der Waals surface area contributed by atoms with Crippen LogP contribution in [0.25, 0.3) is 0 Å². The van der Waals surface area contributed by atoms with Gasteiger partial charge in [-0.3, -0.25) is 13.9 Å². The van der Waals surface area contributed by atoms with Gasteiger partial charge in [0.2, 0.25) is 11.8 Å². The summed E-state index contributed by atoms with van der Waals surface area (Å²) in [4.78, 5) is 28.5. The van der Waals surface area contributed by atoms with E-state index in [1.54, 1.807) is 50.2 Å². The third-order valence-electron chi connectivity index (χ3n) is 6.69.